The summed E-state index contributed by atoms with van der Waals surface area (Å²) in [5, 5.41) is 0. The van der Waals surface area contributed by atoms with Crippen LogP contribution in [0.15, 0.2) is 60.7 Å². The summed E-state index contributed by atoms with van der Waals surface area (Å²) in [6, 6.07) is 19.5. The van der Waals surface area contributed by atoms with Gasteiger partial charge in [-0.2, -0.15) is 0 Å². The van der Waals surface area contributed by atoms with Gasteiger partial charge in [0, 0.05) is 12.0 Å². The maximum atomic E-state index is 13.1. The first-order valence-electron chi connectivity index (χ1n) is 11.8. The van der Waals surface area contributed by atoms with Crippen LogP contribution < -0.4 is 0 Å². The molecule has 1 unspecified atom stereocenters. The first-order valence-corrected chi connectivity index (χ1v) is 11.8. The number of carbonyl (C=O) groups is 1. The molecule has 0 bridgehead atoms. The first kappa shape index (κ1) is 21.3. The second kappa shape index (κ2) is 8.49. The van der Waals surface area contributed by atoms with E-state index in [1.54, 1.807) is 0 Å². The van der Waals surface area contributed by atoms with Gasteiger partial charge >= 0.3 is 0 Å². The van der Waals surface area contributed by atoms with Gasteiger partial charge in [-0.3, -0.25) is 4.79 Å². The fourth-order valence-electron chi connectivity index (χ4n) is 5.60. The quantitative estimate of drug-likeness (QED) is 0.709. The average Bonchev–Trinajstić information content (AvgIpc) is 3.18. The van der Waals surface area contributed by atoms with Crippen LogP contribution in [-0.2, 0) is 35.1 Å². The number of piperidine rings is 1. The smallest absolute Gasteiger partial charge is 0.225 e. The summed E-state index contributed by atoms with van der Waals surface area (Å²) in [4.78, 5) is 14.9. The molecule has 0 aliphatic carbocycles. The SMILES string of the molecule is C[C@@]12CCCC(=O)N1[C@H]1[C@H](OCc3ccccc3)O[C@@H]3COC(c4ccccc4)O[C@H]3[C@H]1O2. The third-order valence-electron chi connectivity index (χ3n) is 7.13. The molecule has 6 rings (SSSR count). The molecule has 0 spiro atoms. The number of hydrogen-bond acceptors (Lipinski definition) is 6. The Kier molecular flexibility index (Phi) is 5.47. The Morgan fingerprint density at radius 2 is 1.79 bits per heavy atom. The van der Waals surface area contributed by atoms with Crippen LogP contribution in [0.2, 0.25) is 0 Å². The lowest BCUT2D eigenvalue weighted by Crippen LogP contribution is -2.65. The molecule has 4 aliphatic rings. The standard InChI is InChI=1S/C26H29NO6/c1-26-14-8-13-20(28)27(26)21-23(33-26)22-19(16-30-24(32-22)18-11-6-3-7-12-18)31-25(21)29-15-17-9-4-2-5-10-17/h2-7,9-12,19,21-25H,8,13-16H2,1H3/t19-,21-,22-,23+,24?,25-,26-/m1/s1. The average molecular weight is 452 g/mol. The number of ether oxygens (including phenoxy) is 5. The molecule has 0 saturated carbocycles. The van der Waals surface area contributed by atoms with E-state index in [0.717, 1.165) is 24.0 Å². The number of carbonyl (C=O) groups excluding carboxylic acids is 1. The van der Waals surface area contributed by atoms with Crippen molar-refractivity contribution in [2.75, 3.05) is 6.61 Å². The van der Waals surface area contributed by atoms with Crippen molar-refractivity contribution >= 4 is 5.91 Å². The lowest BCUT2D eigenvalue weighted by molar-refractivity contribution is -0.343. The van der Waals surface area contributed by atoms with Gasteiger partial charge in [-0.1, -0.05) is 60.7 Å². The summed E-state index contributed by atoms with van der Waals surface area (Å²) in [7, 11) is 0. The van der Waals surface area contributed by atoms with Crippen molar-refractivity contribution in [3.05, 3.63) is 71.8 Å². The van der Waals surface area contributed by atoms with Gasteiger partial charge in [0.05, 0.1) is 13.2 Å². The van der Waals surface area contributed by atoms with Gasteiger partial charge in [-0.25, -0.2) is 0 Å². The van der Waals surface area contributed by atoms with Gasteiger partial charge in [-0.15, -0.1) is 0 Å². The normalized spacial score (nSPS) is 37.8. The molecule has 0 radical (unpaired) electrons. The monoisotopic (exact) mass is 451 g/mol. The Bertz CT molecular complexity index is 987. The van der Waals surface area contributed by atoms with Crippen LogP contribution in [0.5, 0.6) is 0 Å². The van der Waals surface area contributed by atoms with E-state index in [4.69, 9.17) is 23.7 Å². The van der Waals surface area contributed by atoms with Gasteiger partial charge in [0.2, 0.25) is 5.91 Å². The van der Waals surface area contributed by atoms with E-state index in [1.165, 1.54) is 0 Å². The number of rotatable bonds is 4. The van der Waals surface area contributed by atoms with E-state index in [9.17, 15) is 4.79 Å². The molecule has 1 amide bonds. The lowest BCUT2D eigenvalue weighted by atomic mass is 9.93. The molecule has 0 aromatic heterocycles. The molecule has 2 aromatic carbocycles. The minimum atomic E-state index is -0.679. The van der Waals surface area contributed by atoms with Gasteiger partial charge in [0.1, 0.15) is 30.1 Å². The molecule has 33 heavy (non-hydrogen) atoms. The number of fused-ring (bicyclic) bond motifs is 5. The Balaban J connectivity index is 1.29. The first-order chi connectivity index (χ1) is 16.1. The number of benzene rings is 2. The van der Waals surface area contributed by atoms with E-state index in [-0.39, 0.29) is 30.3 Å². The number of hydrogen-bond donors (Lipinski definition) is 0. The summed E-state index contributed by atoms with van der Waals surface area (Å²) in [6.07, 6.45) is -0.0684. The fourth-order valence-corrected chi connectivity index (χ4v) is 5.60. The van der Waals surface area contributed by atoms with Gasteiger partial charge in [0.15, 0.2) is 12.6 Å². The van der Waals surface area contributed by atoms with E-state index in [2.05, 4.69) is 0 Å². The van der Waals surface area contributed by atoms with Crippen molar-refractivity contribution in [2.45, 2.75) is 75.5 Å². The Labute approximate surface area is 193 Å². The van der Waals surface area contributed by atoms with Crippen molar-refractivity contribution in [1.82, 2.24) is 4.90 Å². The molecule has 7 heteroatoms. The maximum absolute atomic E-state index is 13.1. The number of nitrogens with zero attached hydrogens (tertiary/aromatic N) is 1. The van der Waals surface area contributed by atoms with Gasteiger partial charge in [-0.05, 0) is 25.3 Å². The molecule has 4 fully saturated rings. The highest BCUT2D eigenvalue weighted by molar-refractivity contribution is 5.78. The van der Waals surface area contributed by atoms with Crippen molar-refractivity contribution in [3.8, 4) is 0 Å². The third-order valence-corrected chi connectivity index (χ3v) is 7.13. The topological polar surface area (TPSA) is 66.5 Å². The molecular weight excluding hydrogens is 422 g/mol. The van der Waals surface area contributed by atoms with E-state index in [0.29, 0.717) is 19.6 Å². The Morgan fingerprint density at radius 1 is 1.03 bits per heavy atom. The molecular formula is C26H29NO6. The predicted molar refractivity (Wildman–Crippen MR) is 118 cm³/mol. The fraction of sp³-hybridized carbons (Fsp3) is 0.500. The van der Waals surface area contributed by atoms with Crippen LogP contribution in [0.25, 0.3) is 0 Å². The number of amides is 1. The molecule has 4 aliphatic heterocycles. The van der Waals surface area contributed by atoms with Crippen LogP contribution in [0.3, 0.4) is 0 Å². The molecule has 0 N–H and O–H groups in total. The van der Waals surface area contributed by atoms with Crippen LogP contribution in [0.4, 0.5) is 0 Å². The molecule has 4 heterocycles. The molecule has 2 aromatic rings. The van der Waals surface area contributed by atoms with Gasteiger partial charge < -0.3 is 28.6 Å². The summed E-state index contributed by atoms with van der Waals surface area (Å²) in [5.74, 6) is 0.0817. The van der Waals surface area contributed by atoms with Crippen molar-refractivity contribution < 1.29 is 28.5 Å². The highest BCUT2D eigenvalue weighted by atomic mass is 16.8. The Morgan fingerprint density at radius 3 is 2.58 bits per heavy atom. The molecule has 4 saturated heterocycles. The van der Waals surface area contributed by atoms with Crippen molar-refractivity contribution in [1.29, 1.82) is 0 Å². The van der Waals surface area contributed by atoms with Crippen LogP contribution in [-0.4, -0.2) is 53.8 Å². The summed E-state index contributed by atoms with van der Waals surface area (Å²) in [5.41, 5.74) is 1.32. The zero-order chi connectivity index (χ0) is 22.4. The zero-order valence-electron chi connectivity index (χ0n) is 18.7. The van der Waals surface area contributed by atoms with Crippen LogP contribution in [0.1, 0.15) is 43.6 Å². The third kappa shape index (κ3) is 3.78. The summed E-state index contributed by atoms with van der Waals surface area (Å²) >= 11 is 0. The maximum Gasteiger partial charge on any atom is 0.225 e. The molecule has 174 valence electrons. The summed E-state index contributed by atoms with van der Waals surface area (Å²) < 4.78 is 31.8. The Hall–Kier alpha value is -2.29. The van der Waals surface area contributed by atoms with Crippen molar-refractivity contribution in [3.63, 3.8) is 0 Å². The van der Waals surface area contributed by atoms with E-state index >= 15 is 0 Å². The second-order valence-electron chi connectivity index (χ2n) is 9.38. The zero-order valence-corrected chi connectivity index (χ0v) is 18.7. The molecule has 7 nitrogen and oxygen atoms in total. The largest absolute Gasteiger partial charge is 0.347 e. The molecule has 7 atom stereocenters. The highest BCUT2D eigenvalue weighted by Crippen LogP contribution is 2.48. The van der Waals surface area contributed by atoms with Crippen LogP contribution in [0, 0.1) is 0 Å². The predicted octanol–water partition coefficient (Wildman–Crippen LogP) is 3.54. The van der Waals surface area contributed by atoms with Gasteiger partial charge in [0.25, 0.3) is 0 Å². The van der Waals surface area contributed by atoms with E-state index in [1.807, 2.05) is 72.5 Å². The minimum absolute atomic E-state index is 0.0817. The second-order valence-corrected chi connectivity index (χ2v) is 9.38. The summed E-state index contributed by atoms with van der Waals surface area (Å²) in [6.45, 7) is 2.76. The minimum Gasteiger partial charge on any atom is -0.347 e. The van der Waals surface area contributed by atoms with Crippen LogP contribution >= 0.6 is 0 Å². The highest BCUT2D eigenvalue weighted by Gasteiger charge is 2.63. The van der Waals surface area contributed by atoms with E-state index < -0.39 is 18.3 Å². The lowest BCUT2D eigenvalue weighted by Gasteiger charge is -2.48. The van der Waals surface area contributed by atoms with Crippen molar-refractivity contribution in [2.24, 2.45) is 0 Å².